The number of carbonyl (C=O) groups excluding carboxylic acids is 2. The van der Waals surface area contributed by atoms with Crippen LogP contribution < -0.4 is 20.1 Å². The summed E-state index contributed by atoms with van der Waals surface area (Å²) < 4.78 is 68.6. The molecule has 2 atom stereocenters. The van der Waals surface area contributed by atoms with Gasteiger partial charge in [0.25, 0.3) is 11.8 Å². The van der Waals surface area contributed by atoms with Gasteiger partial charge in [-0.25, -0.2) is 9.37 Å². The number of likely N-dealkylation sites (tertiary alicyclic amines) is 1. The van der Waals surface area contributed by atoms with Crippen LogP contribution in [-0.4, -0.2) is 71.9 Å². The smallest absolute Gasteiger partial charge is 0.423 e. The predicted octanol–water partition coefficient (Wildman–Crippen LogP) is 5.86. The molecule has 2 amide bonds. The summed E-state index contributed by atoms with van der Waals surface area (Å²) in [5, 5.41) is 5.65. The number of rotatable bonds is 7. The van der Waals surface area contributed by atoms with Crippen LogP contribution in [0.15, 0.2) is 36.5 Å². The van der Waals surface area contributed by atoms with E-state index in [0.717, 1.165) is 57.7 Å². The Kier molecular flexibility index (Phi) is 7.34. The van der Waals surface area contributed by atoms with Crippen LogP contribution in [0.4, 0.5) is 29.2 Å². The van der Waals surface area contributed by atoms with Gasteiger partial charge in [-0.15, -0.1) is 0 Å². The molecule has 2 unspecified atom stereocenters. The summed E-state index contributed by atoms with van der Waals surface area (Å²) in [6.07, 6.45) is 0.871. The van der Waals surface area contributed by atoms with Gasteiger partial charge in [-0.3, -0.25) is 9.59 Å². The number of hydrogen-bond acceptors (Lipinski definition) is 8. The van der Waals surface area contributed by atoms with Gasteiger partial charge in [-0.05, 0) is 75.2 Å². The number of nitrogens with one attached hydrogen (secondary N) is 2. The van der Waals surface area contributed by atoms with Crippen molar-refractivity contribution < 1.29 is 36.6 Å². The van der Waals surface area contributed by atoms with Gasteiger partial charge in [0.2, 0.25) is 11.8 Å². The third-order valence-electron chi connectivity index (χ3n) is 10.1. The number of amides is 2. The Bertz CT molecular complexity index is 1780. The molecule has 248 valence electrons. The van der Waals surface area contributed by atoms with E-state index in [1.54, 1.807) is 24.1 Å². The van der Waals surface area contributed by atoms with Crippen molar-refractivity contribution in [1.29, 1.82) is 0 Å². The lowest BCUT2D eigenvalue weighted by atomic mass is 9.85. The van der Waals surface area contributed by atoms with Crippen LogP contribution in [0.2, 0.25) is 0 Å². The third-order valence-corrected chi connectivity index (χ3v) is 10.1. The Hall–Kier alpha value is -4.46. The molecule has 1 saturated heterocycles. The molecule has 10 nitrogen and oxygen atoms in total. The zero-order valence-corrected chi connectivity index (χ0v) is 26.1. The second kappa shape index (κ2) is 11.1. The van der Waals surface area contributed by atoms with E-state index < -0.39 is 34.9 Å². The largest absolute Gasteiger partial charge is 0.495 e. The Balaban J connectivity index is 1.14. The monoisotopic (exact) mass is 654 g/mol. The first-order valence-electron chi connectivity index (χ1n) is 15.5. The highest BCUT2D eigenvalue weighted by molar-refractivity contribution is 6.03. The maximum atomic E-state index is 15.4. The zero-order chi connectivity index (χ0) is 33.3. The fraction of sp³-hybridized carbons (Fsp3) is 0.455. The number of alkyl halides is 3. The molecule has 2 spiro atoms. The molecule has 0 radical (unpaired) electrons. The lowest BCUT2D eigenvalue weighted by Gasteiger charge is -2.23. The Morgan fingerprint density at radius 2 is 1.89 bits per heavy atom. The van der Waals surface area contributed by atoms with E-state index in [-0.39, 0.29) is 51.6 Å². The van der Waals surface area contributed by atoms with E-state index in [9.17, 15) is 22.8 Å². The van der Waals surface area contributed by atoms with Crippen molar-refractivity contribution in [1.82, 2.24) is 25.1 Å². The van der Waals surface area contributed by atoms with Gasteiger partial charge >= 0.3 is 6.18 Å². The number of benzene rings is 2. The molecule has 7 rings (SSSR count). The van der Waals surface area contributed by atoms with Gasteiger partial charge < -0.3 is 29.9 Å². The molecule has 2 saturated carbocycles. The van der Waals surface area contributed by atoms with Crippen molar-refractivity contribution in [2.45, 2.75) is 56.3 Å². The average Bonchev–Trinajstić information content (AvgIpc) is 3.56. The molecular formula is C33H34F4N6O4. The molecule has 1 aromatic heterocycles. The molecule has 14 heteroatoms. The lowest BCUT2D eigenvalue weighted by Crippen LogP contribution is -2.35. The normalized spacial score (nSPS) is 23.0. The van der Waals surface area contributed by atoms with E-state index in [2.05, 4.69) is 32.5 Å². The molecule has 2 aliphatic heterocycles. The SMILES string of the molecule is COc1cc(C(=O)NC2CCC3(CCN(C)C3)C2)c(F)cc1Nc1ncc(C(F)(F)F)c(Oc2cccc3c2C(=O)N(C)C32CC2)n1. The number of anilines is 2. The molecule has 2 N–H and O–H groups in total. The van der Waals surface area contributed by atoms with Crippen molar-refractivity contribution in [3.8, 4) is 17.4 Å². The van der Waals surface area contributed by atoms with Crippen molar-refractivity contribution in [3.63, 3.8) is 0 Å². The molecule has 3 fully saturated rings. The van der Waals surface area contributed by atoms with Gasteiger partial charge in [0.05, 0.1) is 29.5 Å². The van der Waals surface area contributed by atoms with Crippen molar-refractivity contribution in [3.05, 3.63) is 64.6 Å². The van der Waals surface area contributed by atoms with E-state index in [1.165, 1.54) is 19.2 Å². The summed E-state index contributed by atoms with van der Waals surface area (Å²) in [6, 6.07) is 6.97. The van der Waals surface area contributed by atoms with Gasteiger partial charge in [0, 0.05) is 31.9 Å². The number of carbonyl (C=O) groups is 2. The number of halogens is 4. The molecule has 2 aromatic carbocycles. The van der Waals surface area contributed by atoms with E-state index in [4.69, 9.17) is 9.47 Å². The average molecular weight is 655 g/mol. The van der Waals surface area contributed by atoms with Gasteiger partial charge in [0.1, 0.15) is 22.9 Å². The second-order valence-electron chi connectivity index (χ2n) is 13.1. The molecule has 47 heavy (non-hydrogen) atoms. The highest BCUT2D eigenvalue weighted by atomic mass is 19.4. The lowest BCUT2D eigenvalue weighted by molar-refractivity contribution is -0.139. The number of nitrogens with zero attached hydrogens (tertiary/aromatic N) is 4. The highest BCUT2D eigenvalue weighted by Crippen LogP contribution is 2.57. The van der Waals surface area contributed by atoms with Gasteiger partial charge in [-0.1, -0.05) is 12.1 Å². The number of methoxy groups -OCH3 is 1. The van der Waals surface area contributed by atoms with E-state index >= 15 is 4.39 Å². The Morgan fingerprint density at radius 3 is 2.57 bits per heavy atom. The predicted molar refractivity (Wildman–Crippen MR) is 162 cm³/mol. The first-order chi connectivity index (χ1) is 22.3. The molecular weight excluding hydrogens is 620 g/mol. The van der Waals surface area contributed by atoms with Crippen LogP contribution >= 0.6 is 0 Å². The Morgan fingerprint density at radius 1 is 1.11 bits per heavy atom. The summed E-state index contributed by atoms with van der Waals surface area (Å²) in [5.41, 5.74) is -0.908. The van der Waals surface area contributed by atoms with Crippen LogP contribution in [0.3, 0.4) is 0 Å². The van der Waals surface area contributed by atoms with E-state index in [1.807, 2.05) is 0 Å². The molecule has 3 heterocycles. The standard InChI is InChI=1S/C33H34F4N6O4/c1-42-12-11-31(17-42)8-7-18(15-31)39-27(44)19-13-25(46-3)23(14-22(19)34)40-30-38-16-21(33(35,36)37)28(41-30)47-24-6-4-5-20-26(24)29(45)43(2)32(20)9-10-32/h4-6,13-14,16,18H,7-12,15,17H2,1-3H3,(H,39,44)(H,38,40,41). The molecule has 3 aromatic rings. The number of aromatic nitrogens is 2. The van der Waals surface area contributed by atoms with Crippen molar-refractivity contribution in [2.24, 2.45) is 5.41 Å². The van der Waals surface area contributed by atoms with Crippen LogP contribution in [0.1, 0.15) is 70.4 Å². The van der Waals surface area contributed by atoms with Crippen LogP contribution in [0.25, 0.3) is 0 Å². The number of fused-ring (bicyclic) bond motifs is 2. The number of hydrogen-bond donors (Lipinski definition) is 2. The summed E-state index contributed by atoms with van der Waals surface area (Å²) in [6.45, 7) is 1.99. The minimum Gasteiger partial charge on any atom is -0.495 e. The first-order valence-corrected chi connectivity index (χ1v) is 15.5. The van der Waals surface area contributed by atoms with Crippen molar-refractivity contribution >= 4 is 23.5 Å². The van der Waals surface area contributed by atoms with Crippen LogP contribution in [0, 0.1) is 11.2 Å². The minimum absolute atomic E-state index is 0.0193. The fourth-order valence-electron chi connectivity index (χ4n) is 7.53. The summed E-state index contributed by atoms with van der Waals surface area (Å²) in [7, 11) is 5.06. The highest BCUT2D eigenvalue weighted by Gasteiger charge is 2.57. The maximum Gasteiger partial charge on any atom is 0.423 e. The minimum atomic E-state index is -4.88. The summed E-state index contributed by atoms with van der Waals surface area (Å²) in [5.74, 6) is -3.00. The van der Waals surface area contributed by atoms with Crippen LogP contribution in [0.5, 0.6) is 17.4 Å². The zero-order valence-electron chi connectivity index (χ0n) is 26.1. The van der Waals surface area contributed by atoms with Gasteiger partial charge in [0.15, 0.2) is 0 Å². The quantitative estimate of drug-likeness (QED) is 0.305. The van der Waals surface area contributed by atoms with Crippen LogP contribution in [-0.2, 0) is 11.7 Å². The Labute approximate surface area is 268 Å². The third kappa shape index (κ3) is 5.41. The van der Waals surface area contributed by atoms with Gasteiger partial charge in [-0.2, -0.15) is 18.2 Å². The topological polar surface area (TPSA) is 109 Å². The second-order valence-corrected chi connectivity index (χ2v) is 13.1. The van der Waals surface area contributed by atoms with E-state index in [0.29, 0.717) is 11.8 Å². The summed E-state index contributed by atoms with van der Waals surface area (Å²) in [4.78, 5) is 37.9. The molecule has 4 aliphatic rings. The number of ether oxygens (including phenoxy) is 2. The van der Waals surface area contributed by atoms with Crippen molar-refractivity contribution in [2.75, 3.05) is 39.6 Å². The first kappa shape index (κ1) is 31.2. The summed E-state index contributed by atoms with van der Waals surface area (Å²) >= 11 is 0. The molecule has 2 aliphatic carbocycles. The molecule has 0 bridgehead atoms. The maximum absolute atomic E-state index is 15.4. The fourth-order valence-corrected chi connectivity index (χ4v) is 7.53.